The van der Waals surface area contributed by atoms with Gasteiger partial charge in [0.15, 0.2) is 0 Å². The van der Waals surface area contributed by atoms with Crippen molar-refractivity contribution in [1.82, 2.24) is 9.80 Å². The molecular weight excluding hydrogens is 436 g/mol. The first-order chi connectivity index (χ1) is 16.5. The van der Waals surface area contributed by atoms with Gasteiger partial charge in [-0.05, 0) is 18.6 Å². The van der Waals surface area contributed by atoms with Crippen LogP contribution in [-0.2, 0) is 14.3 Å². The van der Waals surface area contributed by atoms with E-state index in [1.165, 1.54) is 7.11 Å². The summed E-state index contributed by atoms with van der Waals surface area (Å²) in [5, 5.41) is 11.1. The number of aliphatic hydroxyl groups is 1. The number of morpholine rings is 1. The number of carbonyl (C=O) groups is 2. The Labute approximate surface area is 199 Å². The number of nitrogens with zero attached hydrogens (tertiary/aromatic N) is 2. The highest BCUT2D eigenvalue weighted by Crippen LogP contribution is 2.43. The van der Waals surface area contributed by atoms with E-state index < -0.39 is 17.7 Å². The van der Waals surface area contributed by atoms with E-state index in [0.717, 1.165) is 19.6 Å². The minimum atomic E-state index is -0.772. The molecule has 1 N–H and O–H groups in total. The summed E-state index contributed by atoms with van der Waals surface area (Å²) in [7, 11) is 3.08. The van der Waals surface area contributed by atoms with Gasteiger partial charge in [-0.2, -0.15) is 0 Å². The summed E-state index contributed by atoms with van der Waals surface area (Å²) in [5.41, 5.74) is 1.16. The van der Waals surface area contributed by atoms with Crippen LogP contribution >= 0.6 is 0 Å². The predicted octanol–water partition coefficient (Wildman–Crippen LogP) is 2.85. The van der Waals surface area contributed by atoms with Gasteiger partial charge in [0, 0.05) is 43.4 Å². The fourth-order valence-electron chi connectivity index (χ4n) is 4.52. The van der Waals surface area contributed by atoms with Crippen molar-refractivity contribution in [2.45, 2.75) is 12.5 Å². The van der Waals surface area contributed by atoms with Crippen LogP contribution in [0.2, 0.25) is 0 Å². The number of benzene rings is 2. The highest BCUT2D eigenvalue weighted by atomic mass is 16.5. The lowest BCUT2D eigenvalue weighted by atomic mass is 9.94. The average Bonchev–Trinajstić information content (AvgIpc) is 3.13. The molecular formula is C26H30N2O6. The van der Waals surface area contributed by atoms with E-state index >= 15 is 0 Å². The maximum Gasteiger partial charge on any atom is 0.295 e. The third-order valence-corrected chi connectivity index (χ3v) is 6.30. The topological polar surface area (TPSA) is 88.5 Å². The standard InChI is InChI=1S/C26H30N2O6/c1-32-19-9-10-20(21(17-19)33-2)23-22(24(29)18-7-4-3-5-8-18)25(30)26(31)28(23)12-6-11-27-13-15-34-16-14-27/h3-5,7-10,17,23,29H,6,11-16H2,1-2H3/b24-22+. The molecule has 0 saturated carbocycles. The van der Waals surface area contributed by atoms with Crippen LogP contribution in [0, 0.1) is 0 Å². The normalized spacial score (nSPS) is 20.5. The molecule has 0 spiro atoms. The molecule has 0 aliphatic carbocycles. The molecule has 2 saturated heterocycles. The monoisotopic (exact) mass is 466 g/mol. The molecule has 2 aromatic rings. The number of carbonyl (C=O) groups excluding carboxylic acids is 2. The van der Waals surface area contributed by atoms with E-state index in [-0.39, 0.29) is 11.3 Å². The minimum Gasteiger partial charge on any atom is -0.507 e. The number of ether oxygens (including phenoxy) is 3. The first-order valence-electron chi connectivity index (χ1n) is 11.4. The summed E-state index contributed by atoms with van der Waals surface area (Å²) in [6, 6.07) is 13.3. The molecule has 2 heterocycles. The van der Waals surface area contributed by atoms with Crippen LogP contribution in [0.3, 0.4) is 0 Å². The average molecular weight is 467 g/mol. The van der Waals surface area contributed by atoms with Crippen molar-refractivity contribution in [2.24, 2.45) is 0 Å². The van der Waals surface area contributed by atoms with Crippen molar-refractivity contribution in [1.29, 1.82) is 0 Å². The molecule has 1 unspecified atom stereocenters. The summed E-state index contributed by atoms with van der Waals surface area (Å²) in [4.78, 5) is 30.2. The van der Waals surface area contributed by atoms with Gasteiger partial charge in [-0.25, -0.2) is 0 Å². The van der Waals surface area contributed by atoms with E-state index in [1.807, 2.05) is 6.07 Å². The first kappa shape index (κ1) is 23.8. The van der Waals surface area contributed by atoms with Gasteiger partial charge in [-0.15, -0.1) is 0 Å². The number of hydrogen-bond donors (Lipinski definition) is 1. The van der Waals surface area contributed by atoms with Crippen LogP contribution in [0.15, 0.2) is 54.1 Å². The van der Waals surface area contributed by atoms with Gasteiger partial charge >= 0.3 is 0 Å². The highest BCUT2D eigenvalue weighted by Gasteiger charge is 2.46. The van der Waals surface area contributed by atoms with Gasteiger partial charge in [0.25, 0.3) is 11.7 Å². The molecule has 8 nitrogen and oxygen atoms in total. The second-order valence-electron chi connectivity index (χ2n) is 8.27. The molecule has 2 fully saturated rings. The van der Waals surface area contributed by atoms with Crippen LogP contribution in [0.1, 0.15) is 23.6 Å². The maximum atomic E-state index is 13.2. The first-order valence-corrected chi connectivity index (χ1v) is 11.4. The molecule has 1 atom stereocenters. The Morgan fingerprint density at radius 1 is 1.03 bits per heavy atom. The molecule has 180 valence electrons. The Morgan fingerprint density at radius 3 is 2.44 bits per heavy atom. The third-order valence-electron chi connectivity index (χ3n) is 6.30. The second kappa shape index (κ2) is 10.7. The molecule has 2 aliphatic rings. The van der Waals surface area contributed by atoms with Crippen LogP contribution < -0.4 is 9.47 Å². The van der Waals surface area contributed by atoms with Gasteiger partial charge in [0.05, 0.1) is 39.0 Å². The molecule has 0 aromatic heterocycles. The quantitative estimate of drug-likeness (QED) is 0.364. The van der Waals surface area contributed by atoms with Crippen molar-refractivity contribution >= 4 is 17.4 Å². The molecule has 34 heavy (non-hydrogen) atoms. The molecule has 0 radical (unpaired) electrons. The predicted molar refractivity (Wildman–Crippen MR) is 127 cm³/mol. The largest absolute Gasteiger partial charge is 0.507 e. The molecule has 4 rings (SSSR count). The molecule has 2 aromatic carbocycles. The van der Waals surface area contributed by atoms with Crippen LogP contribution in [0.4, 0.5) is 0 Å². The number of likely N-dealkylation sites (tertiary alicyclic amines) is 1. The molecule has 0 bridgehead atoms. The van der Waals surface area contributed by atoms with Crippen molar-refractivity contribution in [2.75, 3.05) is 53.6 Å². The van der Waals surface area contributed by atoms with E-state index in [2.05, 4.69) is 4.90 Å². The highest BCUT2D eigenvalue weighted by molar-refractivity contribution is 6.46. The third kappa shape index (κ3) is 4.78. The SMILES string of the molecule is COc1ccc(C2/C(=C(\O)c3ccccc3)C(=O)C(=O)N2CCCN2CCOCC2)c(OC)c1. The zero-order valence-corrected chi connectivity index (χ0v) is 19.5. The Hall–Kier alpha value is -3.36. The van der Waals surface area contributed by atoms with Gasteiger partial charge < -0.3 is 24.2 Å². The second-order valence-corrected chi connectivity index (χ2v) is 8.27. The fourth-order valence-corrected chi connectivity index (χ4v) is 4.52. The van der Waals surface area contributed by atoms with Crippen LogP contribution in [0.5, 0.6) is 11.5 Å². The minimum absolute atomic E-state index is 0.0611. The summed E-state index contributed by atoms with van der Waals surface area (Å²) >= 11 is 0. The fraction of sp³-hybridized carbons (Fsp3) is 0.385. The lowest BCUT2D eigenvalue weighted by molar-refractivity contribution is -0.140. The Kier molecular flexibility index (Phi) is 7.49. The molecule has 1 amide bonds. The number of ketones is 1. The number of aliphatic hydroxyl groups excluding tert-OH is 1. The number of amides is 1. The Morgan fingerprint density at radius 2 is 1.76 bits per heavy atom. The van der Waals surface area contributed by atoms with E-state index in [9.17, 15) is 14.7 Å². The lowest BCUT2D eigenvalue weighted by Crippen LogP contribution is -2.39. The zero-order valence-electron chi connectivity index (χ0n) is 19.5. The number of hydrogen-bond acceptors (Lipinski definition) is 7. The Bertz CT molecular complexity index is 1060. The smallest absolute Gasteiger partial charge is 0.295 e. The number of Topliss-reactive ketones (excluding diaryl/α,β-unsaturated/α-hetero) is 1. The van der Waals surface area contributed by atoms with Crippen LogP contribution in [0.25, 0.3) is 5.76 Å². The number of methoxy groups -OCH3 is 2. The van der Waals surface area contributed by atoms with Crippen LogP contribution in [-0.4, -0.2) is 80.2 Å². The van der Waals surface area contributed by atoms with Gasteiger partial charge in [0.1, 0.15) is 17.3 Å². The summed E-state index contributed by atoms with van der Waals surface area (Å²) in [5.74, 6) is -0.452. The lowest BCUT2D eigenvalue weighted by Gasteiger charge is -2.29. The summed E-state index contributed by atoms with van der Waals surface area (Å²) in [6.07, 6.45) is 0.688. The van der Waals surface area contributed by atoms with Crippen molar-refractivity contribution < 1.29 is 28.9 Å². The molecule has 8 heteroatoms. The maximum absolute atomic E-state index is 13.2. The van der Waals surface area contributed by atoms with Gasteiger partial charge in [-0.1, -0.05) is 30.3 Å². The van der Waals surface area contributed by atoms with Gasteiger partial charge in [-0.3, -0.25) is 14.5 Å². The van der Waals surface area contributed by atoms with Crippen molar-refractivity contribution in [3.8, 4) is 11.5 Å². The summed E-state index contributed by atoms with van der Waals surface area (Å²) < 4.78 is 16.3. The number of rotatable bonds is 8. The van der Waals surface area contributed by atoms with E-state index in [1.54, 1.807) is 54.5 Å². The van der Waals surface area contributed by atoms with E-state index in [4.69, 9.17) is 14.2 Å². The van der Waals surface area contributed by atoms with E-state index in [0.29, 0.717) is 48.8 Å². The van der Waals surface area contributed by atoms with Gasteiger partial charge in [0.2, 0.25) is 0 Å². The molecule has 2 aliphatic heterocycles. The zero-order chi connectivity index (χ0) is 24.1. The van der Waals surface area contributed by atoms with Crippen molar-refractivity contribution in [3.63, 3.8) is 0 Å². The summed E-state index contributed by atoms with van der Waals surface area (Å²) in [6.45, 7) is 4.26. The Balaban J connectivity index is 1.72. The van der Waals surface area contributed by atoms with Crippen molar-refractivity contribution in [3.05, 3.63) is 65.2 Å².